The normalized spacial score (nSPS) is 10.1. The first kappa shape index (κ1) is 12.4. The minimum atomic E-state index is -0.346. The molecule has 2 aromatic heterocycles. The quantitative estimate of drug-likeness (QED) is 0.865. The van der Waals surface area contributed by atoms with Crippen LogP contribution in [0.1, 0.15) is 22.4 Å². The van der Waals surface area contributed by atoms with Gasteiger partial charge < -0.3 is 5.32 Å². The summed E-state index contributed by atoms with van der Waals surface area (Å²) < 4.78 is 0. The number of rotatable bonds is 4. The van der Waals surface area contributed by atoms with Crippen LogP contribution in [0.15, 0.2) is 12.1 Å². The van der Waals surface area contributed by atoms with Crippen molar-refractivity contribution < 1.29 is 4.79 Å². The van der Waals surface area contributed by atoms with Crippen LogP contribution in [-0.4, -0.2) is 32.8 Å². The van der Waals surface area contributed by atoms with E-state index in [1.165, 1.54) is 11.3 Å². The number of carbonyl (C=O) groups is 1. The van der Waals surface area contributed by atoms with Gasteiger partial charge in [0.05, 0.1) is 0 Å². The van der Waals surface area contributed by atoms with Crippen LogP contribution in [0, 0.1) is 6.92 Å². The van der Waals surface area contributed by atoms with Gasteiger partial charge in [0.25, 0.3) is 5.91 Å². The van der Waals surface area contributed by atoms with Gasteiger partial charge in [0.15, 0.2) is 5.69 Å². The molecule has 94 valence electrons. The molecule has 1 amide bonds. The van der Waals surface area contributed by atoms with Crippen LogP contribution in [0.3, 0.4) is 0 Å². The van der Waals surface area contributed by atoms with Gasteiger partial charge in [-0.3, -0.25) is 10.1 Å². The Kier molecular flexibility index (Phi) is 3.78. The van der Waals surface area contributed by atoms with Crippen molar-refractivity contribution in [3.05, 3.63) is 22.8 Å². The van der Waals surface area contributed by atoms with Gasteiger partial charge in [-0.15, -0.1) is 20.4 Å². The van der Waals surface area contributed by atoms with Crippen LogP contribution in [0.25, 0.3) is 0 Å². The molecule has 0 unspecified atom stereocenters. The maximum atomic E-state index is 11.8. The highest BCUT2D eigenvalue weighted by atomic mass is 32.1. The van der Waals surface area contributed by atoms with Gasteiger partial charge in [-0.1, -0.05) is 11.3 Å². The molecule has 0 atom stereocenters. The summed E-state index contributed by atoms with van der Waals surface area (Å²) in [5.41, 5.74) is 0.240. The Morgan fingerprint density at radius 1 is 1.28 bits per heavy atom. The summed E-state index contributed by atoms with van der Waals surface area (Å²) in [4.78, 5) is 11.8. The summed E-state index contributed by atoms with van der Waals surface area (Å²) in [6.45, 7) is 4.53. The predicted molar refractivity (Wildman–Crippen MR) is 68.8 cm³/mol. The standard InChI is InChI=1S/C10H12N6OS/c1-3-11-8-5-4-7(14-15-8)9(17)12-10-16-13-6(2)18-10/h4-5H,3H2,1-2H3,(H,11,15)(H,12,16,17). The van der Waals surface area contributed by atoms with Crippen molar-refractivity contribution in [1.29, 1.82) is 0 Å². The second kappa shape index (κ2) is 5.50. The van der Waals surface area contributed by atoms with Crippen molar-refractivity contribution in [2.24, 2.45) is 0 Å². The lowest BCUT2D eigenvalue weighted by Gasteiger charge is -2.02. The Bertz CT molecular complexity index is 538. The molecule has 18 heavy (non-hydrogen) atoms. The van der Waals surface area contributed by atoms with Gasteiger partial charge in [0.2, 0.25) is 5.13 Å². The summed E-state index contributed by atoms with van der Waals surface area (Å²) in [5, 5.41) is 22.2. The molecule has 0 aliphatic heterocycles. The van der Waals surface area contributed by atoms with E-state index in [1.54, 1.807) is 12.1 Å². The van der Waals surface area contributed by atoms with Gasteiger partial charge in [0, 0.05) is 6.54 Å². The van der Waals surface area contributed by atoms with E-state index in [0.29, 0.717) is 10.9 Å². The fraction of sp³-hybridized carbons (Fsp3) is 0.300. The number of anilines is 2. The third kappa shape index (κ3) is 2.98. The monoisotopic (exact) mass is 264 g/mol. The fourth-order valence-electron chi connectivity index (χ4n) is 1.24. The molecule has 0 saturated heterocycles. The van der Waals surface area contributed by atoms with E-state index in [4.69, 9.17) is 0 Å². The lowest BCUT2D eigenvalue weighted by molar-refractivity contribution is 0.102. The molecule has 0 radical (unpaired) electrons. The molecule has 0 aromatic carbocycles. The Labute approximate surface area is 108 Å². The van der Waals surface area contributed by atoms with E-state index in [0.717, 1.165) is 11.6 Å². The summed E-state index contributed by atoms with van der Waals surface area (Å²) in [6, 6.07) is 3.31. The van der Waals surface area contributed by atoms with E-state index < -0.39 is 0 Å². The van der Waals surface area contributed by atoms with Gasteiger partial charge in [0.1, 0.15) is 10.8 Å². The van der Waals surface area contributed by atoms with Crippen LogP contribution < -0.4 is 10.6 Å². The lowest BCUT2D eigenvalue weighted by Crippen LogP contribution is -2.14. The molecule has 0 aliphatic carbocycles. The molecular formula is C10H12N6OS. The van der Waals surface area contributed by atoms with Crippen molar-refractivity contribution in [3.8, 4) is 0 Å². The van der Waals surface area contributed by atoms with Crippen molar-refractivity contribution in [2.45, 2.75) is 13.8 Å². The van der Waals surface area contributed by atoms with E-state index in [2.05, 4.69) is 31.0 Å². The third-order valence-electron chi connectivity index (χ3n) is 2.00. The summed E-state index contributed by atoms with van der Waals surface area (Å²) in [6.07, 6.45) is 0. The molecule has 2 heterocycles. The van der Waals surface area contributed by atoms with Crippen LogP contribution in [0.5, 0.6) is 0 Å². The number of carbonyl (C=O) groups excluding carboxylic acids is 1. The second-order valence-corrected chi connectivity index (χ2v) is 4.60. The SMILES string of the molecule is CCNc1ccc(C(=O)Nc2nnc(C)s2)nn1. The topological polar surface area (TPSA) is 92.7 Å². The molecule has 2 rings (SSSR count). The Hall–Kier alpha value is -2.09. The number of aromatic nitrogens is 4. The first-order valence-corrected chi connectivity index (χ1v) is 6.19. The van der Waals surface area contributed by atoms with Gasteiger partial charge in [-0.05, 0) is 26.0 Å². The third-order valence-corrected chi connectivity index (χ3v) is 2.76. The van der Waals surface area contributed by atoms with Crippen LogP contribution in [-0.2, 0) is 0 Å². The zero-order valence-electron chi connectivity index (χ0n) is 9.97. The molecular weight excluding hydrogens is 252 g/mol. The molecule has 0 aliphatic rings. The maximum Gasteiger partial charge on any atom is 0.278 e. The first-order chi connectivity index (χ1) is 8.69. The Morgan fingerprint density at radius 3 is 2.67 bits per heavy atom. The molecule has 0 saturated carbocycles. The summed E-state index contributed by atoms with van der Waals surface area (Å²) in [7, 11) is 0. The van der Waals surface area contributed by atoms with E-state index in [-0.39, 0.29) is 11.6 Å². The highest BCUT2D eigenvalue weighted by Crippen LogP contribution is 2.14. The Morgan fingerprint density at radius 2 is 2.11 bits per heavy atom. The number of nitrogens with zero attached hydrogens (tertiary/aromatic N) is 4. The van der Waals surface area contributed by atoms with E-state index in [9.17, 15) is 4.79 Å². The molecule has 2 aromatic rings. The van der Waals surface area contributed by atoms with Crippen molar-refractivity contribution in [3.63, 3.8) is 0 Å². The number of hydrogen-bond donors (Lipinski definition) is 2. The largest absolute Gasteiger partial charge is 0.369 e. The molecule has 0 bridgehead atoms. The van der Waals surface area contributed by atoms with Gasteiger partial charge in [-0.2, -0.15) is 0 Å². The zero-order chi connectivity index (χ0) is 13.0. The van der Waals surface area contributed by atoms with Crippen LogP contribution in [0.4, 0.5) is 10.9 Å². The lowest BCUT2D eigenvalue weighted by atomic mass is 10.3. The number of hydrogen-bond acceptors (Lipinski definition) is 7. The molecule has 0 fully saturated rings. The summed E-state index contributed by atoms with van der Waals surface area (Å²) in [5.74, 6) is 0.294. The molecule has 0 spiro atoms. The minimum Gasteiger partial charge on any atom is -0.369 e. The Balaban J connectivity index is 2.04. The van der Waals surface area contributed by atoms with E-state index in [1.807, 2.05) is 13.8 Å². The highest BCUT2D eigenvalue weighted by molar-refractivity contribution is 7.15. The predicted octanol–water partition coefficient (Wildman–Crippen LogP) is 1.32. The number of amides is 1. The second-order valence-electron chi connectivity index (χ2n) is 3.41. The van der Waals surface area contributed by atoms with Crippen LogP contribution >= 0.6 is 11.3 Å². The molecule has 7 nitrogen and oxygen atoms in total. The van der Waals surface area contributed by atoms with Crippen molar-refractivity contribution in [2.75, 3.05) is 17.2 Å². The van der Waals surface area contributed by atoms with Gasteiger partial charge in [-0.25, -0.2) is 0 Å². The highest BCUT2D eigenvalue weighted by Gasteiger charge is 2.10. The number of aryl methyl sites for hydroxylation is 1. The van der Waals surface area contributed by atoms with Crippen molar-refractivity contribution >= 4 is 28.2 Å². The van der Waals surface area contributed by atoms with E-state index >= 15 is 0 Å². The zero-order valence-corrected chi connectivity index (χ0v) is 10.8. The number of nitrogens with one attached hydrogen (secondary N) is 2. The van der Waals surface area contributed by atoms with Crippen molar-refractivity contribution in [1.82, 2.24) is 20.4 Å². The maximum absolute atomic E-state index is 11.8. The van der Waals surface area contributed by atoms with Gasteiger partial charge >= 0.3 is 0 Å². The minimum absolute atomic E-state index is 0.240. The average molecular weight is 264 g/mol. The first-order valence-electron chi connectivity index (χ1n) is 5.38. The molecule has 2 N–H and O–H groups in total. The smallest absolute Gasteiger partial charge is 0.278 e. The summed E-state index contributed by atoms with van der Waals surface area (Å²) >= 11 is 1.31. The average Bonchev–Trinajstić information content (AvgIpc) is 2.76. The molecule has 8 heteroatoms. The fourth-order valence-corrected chi connectivity index (χ4v) is 1.82. The van der Waals surface area contributed by atoms with Crippen LogP contribution in [0.2, 0.25) is 0 Å².